The summed E-state index contributed by atoms with van der Waals surface area (Å²) < 4.78 is 5.24. The lowest BCUT2D eigenvalue weighted by atomic mass is 10.2. The lowest BCUT2D eigenvalue weighted by Gasteiger charge is -2.01. The molecule has 0 aliphatic heterocycles. The van der Waals surface area contributed by atoms with Gasteiger partial charge < -0.3 is 4.52 Å². The van der Waals surface area contributed by atoms with Gasteiger partial charge in [-0.3, -0.25) is 0 Å². The minimum absolute atomic E-state index is 0.795. The predicted molar refractivity (Wildman–Crippen MR) is 98.4 cm³/mol. The van der Waals surface area contributed by atoms with Crippen LogP contribution in [-0.4, -0.2) is 15.1 Å². The molecule has 0 saturated heterocycles. The standard InChI is InChI=1S/C18H15N3OS2/c1-11-15(12(2)22-21-11)9-23-17-14-8-16(13-6-4-3-5-7-13)24-18(14)20-10-19-17/h3-8,10H,9H2,1-2H3. The van der Waals surface area contributed by atoms with Crippen LogP contribution in [0.3, 0.4) is 0 Å². The van der Waals surface area contributed by atoms with Crippen molar-refractivity contribution in [2.24, 2.45) is 0 Å². The van der Waals surface area contributed by atoms with Crippen molar-refractivity contribution in [1.82, 2.24) is 15.1 Å². The molecule has 0 bridgehead atoms. The predicted octanol–water partition coefficient (Wildman–Crippen LogP) is 5.26. The molecule has 0 spiro atoms. The molecule has 4 rings (SSSR count). The van der Waals surface area contributed by atoms with E-state index in [1.165, 1.54) is 10.4 Å². The first-order chi connectivity index (χ1) is 11.7. The van der Waals surface area contributed by atoms with E-state index in [1.54, 1.807) is 29.4 Å². The molecule has 1 aromatic carbocycles. The van der Waals surface area contributed by atoms with Crippen LogP contribution >= 0.6 is 23.1 Å². The Hall–Kier alpha value is -2.18. The number of hydrogen-bond donors (Lipinski definition) is 0. The minimum Gasteiger partial charge on any atom is -0.361 e. The lowest BCUT2D eigenvalue weighted by molar-refractivity contribution is 0.392. The number of aromatic nitrogens is 3. The molecule has 0 fully saturated rings. The van der Waals surface area contributed by atoms with E-state index < -0.39 is 0 Å². The third-order valence-electron chi connectivity index (χ3n) is 3.89. The molecule has 0 amide bonds. The molecule has 0 atom stereocenters. The highest BCUT2D eigenvalue weighted by Crippen LogP contribution is 2.37. The van der Waals surface area contributed by atoms with Crippen molar-refractivity contribution in [2.45, 2.75) is 24.6 Å². The molecule has 4 nitrogen and oxygen atoms in total. The Morgan fingerprint density at radius 3 is 2.71 bits per heavy atom. The van der Waals surface area contributed by atoms with Gasteiger partial charge in [-0.05, 0) is 25.5 Å². The van der Waals surface area contributed by atoms with E-state index in [0.29, 0.717) is 0 Å². The fourth-order valence-corrected chi connectivity index (χ4v) is 4.74. The average Bonchev–Trinajstić information content (AvgIpc) is 3.18. The van der Waals surface area contributed by atoms with Crippen LogP contribution in [-0.2, 0) is 5.75 Å². The molecule has 120 valence electrons. The van der Waals surface area contributed by atoms with Gasteiger partial charge in [-0.15, -0.1) is 23.1 Å². The summed E-state index contributed by atoms with van der Waals surface area (Å²) in [6.45, 7) is 3.92. The summed E-state index contributed by atoms with van der Waals surface area (Å²) in [7, 11) is 0. The molecule has 3 heterocycles. The molecular formula is C18H15N3OS2. The van der Waals surface area contributed by atoms with E-state index in [1.807, 2.05) is 19.9 Å². The fraction of sp³-hybridized carbons (Fsp3) is 0.167. The summed E-state index contributed by atoms with van der Waals surface area (Å²) in [5, 5.41) is 6.12. The van der Waals surface area contributed by atoms with Crippen LogP contribution in [0.15, 0.2) is 52.3 Å². The number of thiophene rings is 1. The van der Waals surface area contributed by atoms with Crippen molar-refractivity contribution in [3.05, 3.63) is 59.7 Å². The Balaban J connectivity index is 1.67. The van der Waals surface area contributed by atoms with E-state index in [4.69, 9.17) is 4.52 Å². The van der Waals surface area contributed by atoms with Crippen LogP contribution in [0, 0.1) is 13.8 Å². The van der Waals surface area contributed by atoms with Gasteiger partial charge >= 0.3 is 0 Å². The van der Waals surface area contributed by atoms with Gasteiger partial charge in [0.1, 0.15) is 21.9 Å². The zero-order valence-electron chi connectivity index (χ0n) is 13.3. The monoisotopic (exact) mass is 353 g/mol. The summed E-state index contributed by atoms with van der Waals surface area (Å²) in [5.41, 5.74) is 3.30. The third-order valence-corrected chi connectivity index (χ3v) is 6.01. The van der Waals surface area contributed by atoms with Gasteiger partial charge in [-0.25, -0.2) is 9.97 Å². The van der Waals surface area contributed by atoms with Gasteiger partial charge in [0.2, 0.25) is 0 Å². The van der Waals surface area contributed by atoms with E-state index in [9.17, 15) is 0 Å². The molecule has 6 heteroatoms. The lowest BCUT2D eigenvalue weighted by Crippen LogP contribution is -1.88. The maximum absolute atomic E-state index is 5.24. The summed E-state index contributed by atoms with van der Waals surface area (Å²) in [6, 6.07) is 12.6. The summed E-state index contributed by atoms with van der Waals surface area (Å²) in [4.78, 5) is 11.1. The van der Waals surface area contributed by atoms with E-state index in [-0.39, 0.29) is 0 Å². The first kappa shape index (κ1) is 15.4. The van der Waals surface area contributed by atoms with Crippen molar-refractivity contribution in [3.63, 3.8) is 0 Å². The third kappa shape index (κ3) is 2.83. The highest BCUT2D eigenvalue weighted by Gasteiger charge is 2.13. The summed E-state index contributed by atoms with van der Waals surface area (Å²) in [5.74, 6) is 1.67. The maximum Gasteiger partial charge on any atom is 0.137 e. The first-order valence-electron chi connectivity index (χ1n) is 7.57. The topological polar surface area (TPSA) is 51.8 Å². The van der Waals surface area contributed by atoms with Gasteiger partial charge in [0, 0.05) is 21.6 Å². The Morgan fingerprint density at radius 2 is 1.96 bits per heavy atom. The fourth-order valence-electron chi connectivity index (χ4n) is 2.54. The molecule has 0 unspecified atom stereocenters. The van der Waals surface area contributed by atoms with Crippen molar-refractivity contribution in [2.75, 3.05) is 0 Å². The molecular weight excluding hydrogens is 338 g/mol. The highest BCUT2D eigenvalue weighted by atomic mass is 32.2. The van der Waals surface area contributed by atoms with Gasteiger partial charge in [0.15, 0.2) is 0 Å². The van der Waals surface area contributed by atoms with E-state index >= 15 is 0 Å². The van der Waals surface area contributed by atoms with Gasteiger partial charge in [-0.1, -0.05) is 35.5 Å². The number of thioether (sulfide) groups is 1. The van der Waals surface area contributed by atoms with Crippen LogP contribution < -0.4 is 0 Å². The van der Waals surface area contributed by atoms with Gasteiger partial charge in [0.25, 0.3) is 0 Å². The van der Waals surface area contributed by atoms with Crippen LogP contribution in [0.25, 0.3) is 20.7 Å². The van der Waals surface area contributed by atoms with Crippen molar-refractivity contribution in [1.29, 1.82) is 0 Å². The number of rotatable bonds is 4. The number of hydrogen-bond acceptors (Lipinski definition) is 6. The van der Waals surface area contributed by atoms with Crippen molar-refractivity contribution < 1.29 is 4.52 Å². The van der Waals surface area contributed by atoms with Crippen LogP contribution in [0.4, 0.5) is 0 Å². The van der Waals surface area contributed by atoms with E-state index in [0.717, 1.165) is 38.0 Å². The minimum atomic E-state index is 0.795. The number of aryl methyl sites for hydroxylation is 2. The van der Waals surface area contributed by atoms with Crippen LogP contribution in [0.5, 0.6) is 0 Å². The zero-order chi connectivity index (χ0) is 16.5. The van der Waals surface area contributed by atoms with Gasteiger partial charge in [-0.2, -0.15) is 0 Å². The second-order valence-electron chi connectivity index (χ2n) is 5.47. The Morgan fingerprint density at radius 1 is 1.12 bits per heavy atom. The Labute approximate surface area is 147 Å². The number of benzene rings is 1. The molecule has 4 aromatic rings. The molecule has 0 saturated carbocycles. The molecule has 24 heavy (non-hydrogen) atoms. The normalized spacial score (nSPS) is 11.2. The molecule has 0 aliphatic rings. The first-order valence-corrected chi connectivity index (χ1v) is 9.37. The number of fused-ring (bicyclic) bond motifs is 1. The molecule has 3 aromatic heterocycles. The largest absolute Gasteiger partial charge is 0.361 e. The SMILES string of the molecule is Cc1noc(C)c1CSc1ncnc2sc(-c3ccccc3)cc12. The number of nitrogens with zero attached hydrogens (tertiary/aromatic N) is 3. The Kier molecular flexibility index (Phi) is 4.08. The molecule has 0 N–H and O–H groups in total. The zero-order valence-corrected chi connectivity index (χ0v) is 14.9. The average molecular weight is 353 g/mol. The smallest absolute Gasteiger partial charge is 0.137 e. The maximum atomic E-state index is 5.24. The highest BCUT2D eigenvalue weighted by molar-refractivity contribution is 7.98. The van der Waals surface area contributed by atoms with Crippen LogP contribution in [0.2, 0.25) is 0 Å². The Bertz CT molecular complexity index is 973. The second-order valence-corrected chi connectivity index (χ2v) is 7.46. The summed E-state index contributed by atoms with van der Waals surface area (Å²) in [6.07, 6.45) is 1.64. The quantitative estimate of drug-likeness (QED) is 0.370. The summed E-state index contributed by atoms with van der Waals surface area (Å²) >= 11 is 3.40. The van der Waals surface area contributed by atoms with Gasteiger partial charge in [0.05, 0.1) is 5.69 Å². The molecule has 0 aliphatic carbocycles. The molecule has 0 radical (unpaired) electrons. The van der Waals surface area contributed by atoms with Crippen LogP contribution in [0.1, 0.15) is 17.0 Å². The van der Waals surface area contributed by atoms with Crippen molar-refractivity contribution in [3.8, 4) is 10.4 Å². The van der Waals surface area contributed by atoms with E-state index in [2.05, 4.69) is 45.5 Å². The second kappa shape index (κ2) is 6.37. The van der Waals surface area contributed by atoms with Crippen molar-refractivity contribution >= 4 is 33.3 Å².